The third-order valence-corrected chi connectivity index (χ3v) is 6.23. The molecule has 8 nitrogen and oxygen atoms in total. The molecule has 2 aliphatic rings. The van der Waals surface area contributed by atoms with Crippen LogP contribution in [0.15, 0.2) is 9.32 Å². The minimum absolute atomic E-state index is 0.115. The topological polar surface area (TPSA) is 118 Å². The molecule has 1 fully saturated rings. The van der Waals surface area contributed by atoms with Gasteiger partial charge < -0.3 is 15.2 Å². The Kier molecular flexibility index (Phi) is 4.28. The molecule has 144 valence electrons. The second-order valence-corrected chi connectivity index (χ2v) is 7.74. The summed E-state index contributed by atoms with van der Waals surface area (Å²) in [5, 5.41) is 3.95. The summed E-state index contributed by atoms with van der Waals surface area (Å²) in [5.74, 6) is 1.12. The lowest BCUT2D eigenvalue weighted by molar-refractivity contribution is -0.132. The van der Waals surface area contributed by atoms with Crippen LogP contribution < -0.4 is 11.3 Å². The Morgan fingerprint density at radius 3 is 2.70 bits per heavy atom. The molecule has 4 rings (SSSR count). The number of rotatable bonds is 3. The first-order valence-corrected chi connectivity index (χ1v) is 9.48. The van der Waals surface area contributed by atoms with Crippen molar-refractivity contribution in [1.82, 2.24) is 20.0 Å². The molecule has 3 heterocycles. The Labute approximate surface area is 157 Å². The normalized spacial score (nSPS) is 18.1. The van der Waals surface area contributed by atoms with Crippen molar-refractivity contribution < 1.29 is 9.32 Å². The predicted molar refractivity (Wildman–Crippen MR) is 99.4 cm³/mol. The molecule has 0 bridgehead atoms. The van der Waals surface area contributed by atoms with Crippen molar-refractivity contribution in [3.8, 4) is 0 Å². The SMILES string of the molecule is Cc1noc(C)c1CCC(=O)N1CCC2(CCc3c2nc(N)[nH]c3=O)CC1. The Morgan fingerprint density at radius 1 is 1.30 bits per heavy atom. The maximum Gasteiger partial charge on any atom is 0.255 e. The fourth-order valence-corrected chi connectivity index (χ4v) is 4.59. The van der Waals surface area contributed by atoms with E-state index in [1.54, 1.807) is 0 Å². The predicted octanol–water partition coefficient (Wildman–Crippen LogP) is 1.40. The number of nitrogens with two attached hydrogens (primary N) is 1. The smallest absolute Gasteiger partial charge is 0.255 e. The fraction of sp³-hybridized carbons (Fsp3) is 0.579. The highest BCUT2D eigenvalue weighted by Crippen LogP contribution is 2.44. The summed E-state index contributed by atoms with van der Waals surface area (Å²) in [6.07, 6.45) is 4.40. The Hall–Kier alpha value is -2.64. The van der Waals surface area contributed by atoms with Gasteiger partial charge in [0, 0.05) is 36.1 Å². The van der Waals surface area contributed by atoms with Gasteiger partial charge in [0.25, 0.3) is 5.56 Å². The fourth-order valence-electron chi connectivity index (χ4n) is 4.59. The molecule has 1 saturated heterocycles. The molecule has 3 N–H and O–H groups in total. The van der Waals surface area contributed by atoms with Crippen molar-refractivity contribution in [2.75, 3.05) is 18.8 Å². The van der Waals surface area contributed by atoms with Crippen molar-refractivity contribution in [2.45, 2.75) is 57.8 Å². The average Bonchev–Trinajstić information content (AvgIpc) is 3.15. The molecule has 1 aliphatic carbocycles. The summed E-state index contributed by atoms with van der Waals surface area (Å²) < 4.78 is 5.17. The summed E-state index contributed by atoms with van der Waals surface area (Å²) in [6, 6.07) is 0. The quantitative estimate of drug-likeness (QED) is 0.842. The number of nitrogen functional groups attached to an aromatic ring is 1. The summed E-state index contributed by atoms with van der Waals surface area (Å²) in [7, 11) is 0. The van der Waals surface area contributed by atoms with Crippen molar-refractivity contribution in [1.29, 1.82) is 0 Å². The van der Waals surface area contributed by atoms with E-state index in [-0.39, 0.29) is 22.8 Å². The number of aryl methyl sites for hydroxylation is 2. The van der Waals surface area contributed by atoms with Gasteiger partial charge in [-0.15, -0.1) is 0 Å². The van der Waals surface area contributed by atoms with E-state index in [2.05, 4.69) is 15.1 Å². The van der Waals surface area contributed by atoms with Gasteiger partial charge in [-0.05, 0) is 46.0 Å². The van der Waals surface area contributed by atoms with Crippen molar-refractivity contribution in [3.63, 3.8) is 0 Å². The molecule has 8 heteroatoms. The number of aromatic amines is 1. The maximum atomic E-state index is 12.7. The Balaban J connectivity index is 1.42. The molecule has 0 radical (unpaired) electrons. The van der Waals surface area contributed by atoms with Gasteiger partial charge in [-0.1, -0.05) is 5.16 Å². The van der Waals surface area contributed by atoms with E-state index in [1.165, 1.54) is 0 Å². The van der Waals surface area contributed by atoms with Gasteiger partial charge in [0.05, 0.1) is 11.4 Å². The molecule has 0 unspecified atom stereocenters. The number of hydrogen-bond acceptors (Lipinski definition) is 6. The Bertz CT molecular complexity index is 918. The van der Waals surface area contributed by atoms with Crippen LogP contribution in [0.1, 0.15) is 54.0 Å². The van der Waals surface area contributed by atoms with Gasteiger partial charge in [0.15, 0.2) is 0 Å². The number of fused-ring (bicyclic) bond motifs is 2. The number of hydrogen-bond donors (Lipinski definition) is 2. The van der Waals surface area contributed by atoms with Gasteiger partial charge >= 0.3 is 0 Å². The number of H-pyrrole nitrogens is 1. The van der Waals surface area contributed by atoms with Gasteiger partial charge in [-0.25, -0.2) is 4.98 Å². The summed E-state index contributed by atoms with van der Waals surface area (Å²) >= 11 is 0. The minimum Gasteiger partial charge on any atom is -0.369 e. The molecule has 1 aliphatic heterocycles. The third-order valence-electron chi connectivity index (χ3n) is 6.23. The first-order valence-electron chi connectivity index (χ1n) is 9.48. The molecular weight excluding hydrogens is 346 g/mol. The maximum absolute atomic E-state index is 12.7. The number of anilines is 1. The molecule has 0 atom stereocenters. The second-order valence-electron chi connectivity index (χ2n) is 7.74. The first kappa shape index (κ1) is 17.8. The van der Waals surface area contributed by atoms with Crippen molar-refractivity contribution >= 4 is 11.9 Å². The highest BCUT2D eigenvalue weighted by atomic mass is 16.5. The molecule has 2 aromatic rings. The van der Waals surface area contributed by atoms with E-state index in [4.69, 9.17) is 10.3 Å². The highest BCUT2D eigenvalue weighted by molar-refractivity contribution is 5.76. The lowest BCUT2D eigenvalue weighted by Gasteiger charge is -2.39. The van der Waals surface area contributed by atoms with Crippen LogP contribution in [-0.4, -0.2) is 39.0 Å². The van der Waals surface area contributed by atoms with Crippen LogP contribution in [0.4, 0.5) is 5.95 Å². The molecule has 2 aromatic heterocycles. The molecule has 1 spiro atoms. The number of nitrogens with zero attached hydrogens (tertiary/aromatic N) is 3. The highest BCUT2D eigenvalue weighted by Gasteiger charge is 2.44. The number of carbonyl (C=O) groups excluding carboxylic acids is 1. The van der Waals surface area contributed by atoms with Crippen LogP contribution in [0.3, 0.4) is 0 Å². The molecule has 0 aromatic carbocycles. The number of nitrogens with one attached hydrogen (secondary N) is 1. The number of amides is 1. The largest absolute Gasteiger partial charge is 0.369 e. The van der Waals surface area contributed by atoms with Crippen LogP contribution in [-0.2, 0) is 23.1 Å². The summed E-state index contributed by atoms with van der Waals surface area (Å²) in [4.78, 5) is 33.8. The van der Waals surface area contributed by atoms with E-state index < -0.39 is 0 Å². The van der Waals surface area contributed by atoms with E-state index in [9.17, 15) is 9.59 Å². The van der Waals surface area contributed by atoms with Crippen molar-refractivity contribution in [2.24, 2.45) is 0 Å². The standard InChI is InChI=1S/C19H25N5O3/c1-11-13(12(2)27-23-11)3-4-15(25)24-9-7-19(8-10-24)6-5-14-16(19)21-18(20)22-17(14)26/h3-10H2,1-2H3,(H3,20,21,22,26). The van der Waals surface area contributed by atoms with Crippen LogP contribution in [0, 0.1) is 13.8 Å². The lowest BCUT2D eigenvalue weighted by atomic mass is 9.76. The van der Waals surface area contributed by atoms with Gasteiger partial charge in [-0.2, -0.15) is 0 Å². The number of piperidine rings is 1. The average molecular weight is 371 g/mol. The van der Waals surface area contributed by atoms with E-state index in [1.807, 2.05) is 18.7 Å². The van der Waals surface area contributed by atoms with Crippen LogP contribution in [0.5, 0.6) is 0 Å². The second kappa shape index (κ2) is 6.51. The minimum atomic E-state index is -0.118. The van der Waals surface area contributed by atoms with E-state index in [0.29, 0.717) is 25.9 Å². The number of carbonyl (C=O) groups is 1. The molecule has 1 amide bonds. The molecular formula is C19H25N5O3. The van der Waals surface area contributed by atoms with Gasteiger partial charge in [0.2, 0.25) is 11.9 Å². The van der Waals surface area contributed by atoms with Crippen LogP contribution >= 0.6 is 0 Å². The Morgan fingerprint density at radius 2 is 2.04 bits per heavy atom. The van der Waals surface area contributed by atoms with Crippen LogP contribution in [0.2, 0.25) is 0 Å². The van der Waals surface area contributed by atoms with E-state index >= 15 is 0 Å². The van der Waals surface area contributed by atoms with Gasteiger partial charge in [0.1, 0.15) is 5.76 Å². The van der Waals surface area contributed by atoms with E-state index in [0.717, 1.165) is 54.0 Å². The zero-order chi connectivity index (χ0) is 19.2. The van der Waals surface area contributed by atoms with Crippen LogP contribution in [0.25, 0.3) is 0 Å². The van der Waals surface area contributed by atoms with Gasteiger partial charge in [-0.3, -0.25) is 14.6 Å². The molecule has 27 heavy (non-hydrogen) atoms. The number of likely N-dealkylation sites (tertiary alicyclic amines) is 1. The van der Waals surface area contributed by atoms with Crippen molar-refractivity contribution in [3.05, 3.63) is 38.6 Å². The first-order chi connectivity index (χ1) is 12.9. The zero-order valence-corrected chi connectivity index (χ0v) is 15.8. The lowest BCUT2D eigenvalue weighted by Crippen LogP contribution is -2.45. The summed E-state index contributed by atoms with van der Waals surface area (Å²) in [5.41, 5.74) is 9.03. The monoisotopic (exact) mass is 371 g/mol. The summed E-state index contributed by atoms with van der Waals surface area (Å²) in [6.45, 7) is 5.16. The molecule has 0 saturated carbocycles. The zero-order valence-electron chi connectivity index (χ0n) is 15.8. The number of aromatic nitrogens is 3. The third kappa shape index (κ3) is 3.02.